The summed E-state index contributed by atoms with van der Waals surface area (Å²) in [7, 11) is 0. The second kappa shape index (κ2) is 5.03. The van der Waals surface area contributed by atoms with Crippen molar-refractivity contribution >= 4 is 46.0 Å². The van der Waals surface area contributed by atoms with Gasteiger partial charge in [-0.25, -0.2) is 0 Å². The number of halogens is 2. The van der Waals surface area contributed by atoms with Crippen LogP contribution in [0.4, 0.5) is 0 Å². The molecule has 0 amide bonds. The molecule has 0 radical (unpaired) electrons. The van der Waals surface area contributed by atoms with Crippen molar-refractivity contribution in [2.45, 2.75) is 19.8 Å². The van der Waals surface area contributed by atoms with Crippen LogP contribution >= 0.6 is 34.9 Å². The van der Waals surface area contributed by atoms with Gasteiger partial charge < -0.3 is 0 Å². The summed E-state index contributed by atoms with van der Waals surface area (Å²) in [6, 6.07) is 3.62. The second-order valence-electron chi connectivity index (χ2n) is 4.00. The number of aromatic nitrogens is 5. The third-order valence-corrected chi connectivity index (χ3v) is 3.83. The van der Waals surface area contributed by atoms with Gasteiger partial charge in [0.15, 0.2) is 0 Å². The number of fused-ring (bicyclic) bond motifs is 1. The largest absolute Gasteiger partial charge is 0.266 e. The number of hydrogen-bond donors (Lipinski definition) is 0. The number of benzene rings is 1. The van der Waals surface area contributed by atoms with Crippen LogP contribution in [-0.2, 0) is 6.42 Å². The van der Waals surface area contributed by atoms with Crippen LogP contribution in [0.3, 0.4) is 0 Å². The molecule has 0 N–H and O–H groups in total. The Kier molecular flexibility index (Phi) is 3.38. The fraction of sp³-hybridized carbons (Fsp3) is 0.273. The van der Waals surface area contributed by atoms with Crippen LogP contribution in [0.15, 0.2) is 12.1 Å². The van der Waals surface area contributed by atoms with E-state index in [0.717, 1.165) is 41.4 Å². The highest BCUT2D eigenvalue weighted by atomic mass is 35.5. The lowest BCUT2D eigenvalue weighted by Gasteiger charge is -2.09. The Labute approximate surface area is 123 Å². The van der Waals surface area contributed by atoms with Gasteiger partial charge in [0, 0.05) is 6.42 Å². The first-order valence-corrected chi connectivity index (χ1v) is 7.22. The van der Waals surface area contributed by atoms with Gasteiger partial charge in [-0.1, -0.05) is 18.5 Å². The normalized spacial score (nSPS) is 11.3. The standard InChI is InChI=1S/C11H9Cl2N5S/c1-2-3-8-14-15-11(13)18(8)10-6(12)4-5-7-9(10)17-19-16-7/h4-5H,2-3H2,1H3. The minimum atomic E-state index is 0.283. The van der Waals surface area contributed by atoms with Gasteiger partial charge in [0.25, 0.3) is 0 Å². The molecular formula is C11H9Cl2N5S. The Morgan fingerprint density at radius 3 is 2.84 bits per heavy atom. The first kappa shape index (κ1) is 12.8. The van der Waals surface area contributed by atoms with Crippen molar-refractivity contribution in [3.8, 4) is 5.69 Å². The summed E-state index contributed by atoms with van der Waals surface area (Å²) in [4.78, 5) is 0. The topological polar surface area (TPSA) is 56.5 Å². The predicted molar refractivity (Wildman–Crippen MR) is 76.3 cm³/mol. The molecule has 0 aliphatic rings. The molecule has 2 heterocycles. The molecule has 0 saturated heterocycles. The van der Waals surface area contributed by atoms with Crippen LogP contribution in [0.1, 0.15) is 19.2 Å². The van der Waals surface area contributed by atoms with Crippen molar-refractivity contribution < 1.29 is 0 Å². The zero-order chi connectivity index (χ0) is 13.4. The van der Waals surface area contributed by atoms with Crippen molar-refractivity contribution in [2.24, 2.45) is 0 Å². The summed E-state index contributed by atoms with van der Waals surface area (Å²) < 4.78 is 10.2. The maximum Gasteiger partial charge on any atom is 0.229 e. The zero-order valence-electron chi connectivity index (χ0n) is 9.97. The van der Waals surface area contributed by atoms with Crippen LogP contribution < -0.4 is 0 Å². The molecule has 0 atom stereocenters. The SMILES string of the molecule is CCCc1nnc(Cl)n1-c1c(Cl)ccc2nsnc12. The van der Waals surface area contributed by atoms with Crippen molar-refractivity contribution in [1.29, 1.82) is 0 Å². The predicted octanol–water partition coefficient (Wildman–Crippen LogP) is 3.53. The lowest BCUT2D eigenvalue weighted by molar-refractivity contribution is 0.804. The Morgan fingerprint density at radius 1 is 1.21 bits per heavy atom. The van der Waals surface area contributed by atoms with Crippen molar-refractivity contribution in [3.05, 3.63) is 28.3 Å². The summed E-state index contributed by atoms with van der Waals surface area (Å²) in [5.74, 6) is 0.773. The summed E-state index contributed by atoms with van der Waals surface area (Å²) in [6.45, 7) is 2.07. The molecule has 98 valence electrons. The molecule has 3 aromatic rings. The molecule has 2 aromatic heterocycles. The highest BCUT2D eigenvalue weighted by Gasteiger charge is 2.18. The first-order chi connectivity index (χ1) is 9.22. The minimum Gasteiger partial charge on any atom is -0.266 e. The lowest BCUT2D eigenvalue weighted by atomic mass is 10.2. The maximum atomic E-state index is 6.30. The molecule has 5 nitrogen and oxygen atoms in total. The van der Waals surface area contributed by atoms with E-state index < -0.39 is 0 Å². The summed E-state index contributed by atoms with van der Waals surface area (Å²) in [5, 5.41) is 8.85. The highest BCUT2D eigenvalue weighted by Crippen LogP contribution is 2.31. The van der Waals surface area contributed by atoms with E-state index in [9.17, 15) is 0 Å². The highest BCUT2D eigenvalue weighted by molar-refractivity contribution is 7.00. The van der Waals surface area contributed by atoms with Gasteiger partial charge in [-0.05, 0) is 30.2 Å². The van der Waals surface area contributed by atoms with E-state index in [1.807, 2.05) is 6.07 Å². The Hall–Kier alpha value is -1.24. The molecule has 0 aliphatic carbocycles. The second-order valence-corrected chi connectivity index (χ2v) is 5.27. The van der Waals surface area contributed by atoms with Gasteiger partial charge in [-0.2, -0.15) is 8.75 Å². The van der Waals surface area contributed by atoms with Gasteiger partial charge in [0.05, 0.1) is 22.4 Å². The minimum absolute atomic E-state index is 0.283. The van der Waals surface area contributed by atoms with Gasteiger partial charge in [-0.15, -0.1) is 10.2 Å². The van der Waals surface area contributed by atoms with E-state index in [1.54, 1.807) is 10.6 Å². The first-order valence-electron chi connectivity index (χ1n) is 5.73. The van der Waals surface area contributed by atoms with Gasteiger partial charge in [-0.3, -0.25) is 4.57 Å². The molecule has 19 heavy (non-hydrogen) atoms. The van der Waals surface area contributed by atoms with Crippen LogP contribution in [0.2, 0.25) is 10.3 Å². The van der Waals surface area contributed by atoms with Crippen molar-refractivity contribution in [2.75, 3.05) is 0 Å². The molecule has 1 aromatic carbocycles. The van der Waals surface area contributed by atoms with Crippen LogP contribution in [0.5, 0.6) is 0 Å². The van der Waals surface area contributed by atoms with E-state index in [2.05, 4.69) is 25.9 Å². The average Bonchev–Trinajstić information content (AvgIpc) is 2.98. The quantitative estimate of drug-likeness (QED) is 0.742. The monoisotopic (exact) mass is 313 g/mol. The number of nitrogens with zero attached hydrogens (tertiary/aromatic N) is 5. The molecule has 0 unspecified atom stereocenters. The van der Waals surface area contributed by atoms with Crippen LogP contribution in [0.25, 0.3) is 16.7 Å². The molecule has 0 aliphatic heterocycles. The van der Waals surface area contributed by atoms with Crippen molar-refractivity contribution in [3.63, 3.8) is 0 Å². The Morgan fingerprint density at radius 2 is 2.05 bits per heavy atom. The van der Waals surface area contributed by atoms with Crippen molar-refractivity contribution in [1.82, 2.24) is 23.5 Å². The fourth-order valence-electron chi connectivity index (χ4n) is 1.93. The molecule has 0 saturated carbocycles. The van der Waals surface area contributed by atoms with Crippen LogP contribution in [0, 0.1) is 0 Å². The van der Waals surface area contributed by atoms with Gasteiger partial charge in [0.1, 0.15) is 16.9 Å². The third kappa shape index (κ3) is 2.09. The Balaban J connectivity index is 2.32. The van der Waals surface area contributed by atoms with E-state index in [4.69, 9.17) is 23.2 Å². The molecule has 3 rings (SSSR count). The molecule has 0 spiro atoms. The lowest BCUT2D eigenvalue weighted by Crippen LogP contribution is -2.03. The maximum absolute atomic E-state index is 6.30. The van der Waals surface area contributed by atoms with E-state index in [0.29, 0.717) is 10.7 Å². The smallest absolute Gasteiger partial charge is 0.229 e. The van der Waals surface area contributed by atoms with Gasteiger partial charge in [0.2, 0.25) is 5.28 Å². The summed E-state index contributed by atoms with van der Waals surface area (Å²) >= 11 is 13.6. The number of rotatable bonds is 3. The zero-order valence-corrected chi connectivity index (χ0v) is 12.3. The molecule has 0 fully saturated rings. The average molecular weight is 314 g/mol. The van der Waals surface area contributed by atoms with E-state index >= 15 is 0 Å². The third-order valence-electron chi connectivity index (χ3n) is 2.74. The van der Waals surface area contributed by atoms with Crippen LogP contribution in [-0.4, -0.2) is 23.5 Å². The molecular weight excluding hydrogens is 305 g/mol. The summed E-state index contributed by atoms with van der Waals surface area (Å²) in [5.41, 5.74) is 2.21. The number of aryl methyl sites for hydroxylation is 1. The van der Waals surface area contributed by atoms with E-state index in [1.165, 1.54) is 0 Å². The molecule has 8 heteroatoms. The van der Waals surface area contributed by atoms with Gasteiger partial charge >= 0.3 is 0 Å². The summed E-state index contributed by atoms with van der Waals surface area (Å²) in [6.07, 6.45) is 1.71. The number of hydrogen-bond acceptors (Lipinski definition) is 5. The Bertz CT molecular complexity index is 736. The molecule has 0 bridgehead atoms. The van der Waals surface area contributed by atoms with E-state index in [-0.39, 0.29) is 5.28 Å². The fourth-order valence-corrected chi connectivity index (χ4v) is 2.92.